The summed E-state index contributed by atoms with van der Waals surface area (Å²) in [6.07, 6.45) is 0.197. The number of carboxylic acid groups (broad SMARTS) is 1. The van der Waals surface area contributed by atoms with Gasteiger partial charge in [-0.15, -0.1) is 0 Å². The molecule has 1 amide bonds. The van der Waals surface area contributed by atoms with E-state index in [2.05, 4.69) is 21.2 Å². The molecule has 0 saturated heterocycles. The van der Waals surface area contributed by atoms with E-state index in [9.17, 15) is 9.59 Å². The number of benzene rings is 1. The zero-order valence-corrected chi connectivity index (χ0v) is 10.2. The lowest BCUT2D eigenvalue weighted by atomic mass is 10.1. The second kappa shape index (κ2) is 6.27. The molecule has 0 aliphatic heterocycles. The molecule has 1 rings (SSSR count). The number of hydrogen-bond donors (Lipinski definition) is 2. The van der Waals surface area contributed by atoms with Gasteiger partial charge in [0.25, 0.3) is 0 Å². The van der Waals surface area contributed by atoms with Crippen molar-refractivity contribution in [1.29, 1.82) is 0 Å². The second-order valence-electron chi connectivity index (χ2n) is 3.26. The summed E-state index contributed by atoms with van der Waals surface area (Å²) in [6.45, 7) is 0.165. The molecule has 5 heteroatoms. The van der Waals surface area contributed by atoms with Crippen LogP contribution in [0.2, 0.25) is 0 Å². The van der Waals surface area contributed by atoms with E-state index in [1.165, 1.54) is 0 Å². The van der Waals surface area contributed by atoms with Crippen molar-refractivity contribution < 1.29 is 14.7 Å². The third-order valence-corrected chi connectivity index (χ3v) is 2.74. The Morgan fingerprint density at radius 2 is 2.00 bits per heavy atom. The van der Waals surface area contributed by atoms with Crippen LogP contribution in [0, 0.1) is 0 Å². The normalized spacial score (nSPS) is 9.81. The summed E-state index contributed by atoms with van der Waals surface area (Å²) in [5.74, 6) is -1.09. The fourth-order valence-electron chi connectivity index (χ4n) is 1.19. The Morgan fingerprint density at radius 1 is 1.31 bits per heavy atom. The van der Waals surface area contributed by atoms with E-state index in [0.717, 1.165) is 10.0 Å². The molecule has 4 nitrogen and oxygen atoms in total. The standard InChI is InChI=1S/C11H12BrNO3/c12-9-4-2-1-3-8(9)7-10(14)13-6-5-11(15)16/h1-4H,5-7H2,(H,13,14)(H,15,16). The predicted octanol–water partition coefficient (Wildman–Crippen LogP) is 1.58. The van der Waals surface area contributed by atoms with Crippen LogP contribution in [0.4, 0.5) is 0 Å². The van der Waals surface area contributed by atoms with E-state index >= 15 is 0 Å². The molecule has 0 saturated carbocycles. The van der Waals surface area contributed by atoms with Gasteiger partial charge in [0.1, 0.15) is 0 Å². The van der Waals surface area contributed by atoms with Gasteiger partial charge in [-0.05, 0) is 11.6 Å². The smallest absolute Gasteiger partial charge is 0.305 e. The first-order valence-electron chi connectivity index (χ1n) is 4.81. The molecule has 0 spiro atoms. The van der Waals surface area contributed by atoms with Crippen LogP contribution in [0.3, 0.4) is 0 Å². The van der Waals surface area contributed by atoms with Crippen molar-refractivity contribution in [2.75, 3.05) is 6.54 Å². The molecule has 0 bridgehead atoms. The first-order chi connectivity index (χ1) is 7.59. The van der Waals surface area contributed by atoms with E-state index in [0.29, 0.717) is 0 Å². The van der Waals surface area contributed by atoms with Crippen molar-refractivity contribution >= 4 is 27.8 Å². The fraction of sp³-hybridized carbons (Fsp3) is 0.273. The van der Waals surface area contributed by atoms with Gasteiger partial charge in [0.2, 0.25) is 5.91 Å². The van der Waals surface area contributed by atoms with Gasteiger partial charge in [-0.1, -0.05) is 34.1 Å². The Hall–Kier alpha value is -1.36. The fourth-order valence-corrected chi connectivity index (χ4v) is 1.61. The predicted molar refractivity (Wildman–Crippen MR) is 63.1 cm³/mol. The van der Waals surface area contributed by atoms with Crippen molar-refractivity contribution in [3.05, 3.63) is 34.3 Å². The van der Waals surface area contributed by atoms with Crippen molar-refractivity contribution in [3.63, 3.8) is 0 Å². The van der Waals surface area contributed by atoms with E-state index in [4.69, 9.17) is 5.11 Å². The molecule has 0 aliphatic carbocycles. The summed E-state index contributed by atoms with van der Waals surface area (Å²) < 4.78 is 0.878. The molecule has 0 aliphatic rings. The van der Waals surface area contributed by atoms with E-state index in [1.807, 2.05) is 24.3 Å². The molecule has 0 radical (unpaired) electrons. The zero-order valence-electron chi connectivity index (χ0n) is 8.57. The topological polar surface area (TPSA) is 66.4 Å². The van der Waals surface area contributed by atoms with Crippen LogP contribution in [0.1, 0.15) is 12.0 Å². The Morgan fingerprint density at radius 3 is 2.62 bits per heavy atom. The zero-order chi connectivity index (χ0) is 12.0. The molecule has 16 heavy (non-hydrogen) atoms. The summed E-state index contributed by atoms with van der Waals surface area (Å²) in [5, 5.41) is 11.0. The first-order valence-corrected chi connectivity index (χ1v) is 5.61. The van der Waals surface area contributed by atoms with Gasteiger partial charge in [-0.25, -0.2) is 0 Å². The Kier molecular flexibility index (Phi) is 4.98. The van der Waals surface area contributed by atoms with Crippen molar-refractivity contribution in [2.24, 2.45) is 0 Å². The number of carbonyl (C=O) groups excluding carboxylic acids is 1. The number of aliphatic carboxylic acids is 1. The maximum absolute atomic E-state index is 11.4. The Balaban J connectivity index is 2.40. The third-order valence-electron chi connectivity index (χ3n) is 1.97. The van der Waals surface area contributed by atoms with E-state index in [-0.39, 0.29) is 25.3 Å². The SMILES string of the molecule is O=C(O)CCNC(=O)Cc1ccccc1Br. The Bertz CT molecular complexity index is 393. The van der Waals surface area contributed by atoms with Gasteiger partial charge in [0.05, 0.1) is 12.8 Å². The highest BCUT2D eigenvalue weighted by molar-refractivity contribution is 9.10. The van der Waals surface area contributed by atoms with Crippen LogP contribution >= 0.6 is 15.9 Å². The minimum Gasteiger partial charge on any atom is -0.481 e. The van der Waals surface area contributed by atoms with Crippen LogP contribution in [0.5, 0.6) is 0 Å². The summed E-state index contributed by atoms with van der Waals surface area (Å²) in [5.41, 5.74) is 0.885. The monoisotopic (exact) mass is 285 g/mol. The Labute approximate surface area is 102 Å². The lowest BCUT2D eigenvalue weighted by Gasteiger charge is -2.05. The van der Waals surface area contributed by atoms with Gasteiger partial charge in [0, 0.05) is 11.0 Å². The molecule has 0 unspecified atom stereocenters. The van der Waals surface area contributed by atoms with Crippen LogP contribution in [0.25, 0.3) is 0 Å². The number of carboxylic acids is 1. The molecule has 86 valence electrons. The van der Waals surface area contributed by atoms with Crippen molar-refractivity contribution in [3.8, 4) is 0 Å². The molecule has 0 heterocycles. The lowest BCUT2D eigenvalue weighted by molar-refractivity contribution is -0.136. The molecular formula is C11H12BrNO3. The van der Waals surface area contributed by atoms with Gasteiger partial charge in [0.15, 0.2) is 0 Å². The van der Waals surface area contributed by atoms with E-state index in [1.54, 1.807) is 0 Å². The van der Waals surface area contributed by atoms with E-state index < -0.39 is 5.97 Å². The van der Waals surface area contributed by atoms with Crippen molar-refractivity contribution in [1.82, 2.24) is 5.32 Å². The minimum atomic E-state index is -0.916. The van der Waals surface area contributed by atoms with Gasteiger partial charge in [-0.2, -0.15) is 0 Å². The minimum absolute atomic E-state index is 0.0539. The average Bonchev–Trinajstić information content (AvgIpc) is 2.21. The molecule has 0 fully saturated rings. The highest BCUT2D eigenvalue weighted by atomic mass is 79.9. The lowest BCUT2D eigenvalue weighted by Crippen LogP contribution is -2.27. The van der Waals surface area contributed by atoms with Crippen LogP contribution in [0.15, 0.2) is 28.7 Å². The number of amides is 1. The molecule has 0 aromatic heterocycles. The van der Waals surface area contributed by atoms with Gasteiger partial charge >= 0.3 is 5.97 Å². The van der Waals surface area contributed by atoms with Gasteiger partial charge in [-0.3, -0.25) is 9.59 Å². The first kappa shape index (κ1) is 12.7. The largest absolute Gasteiger partial charge is 0.481 e. The highest BCUT2D eigenvalue weighted by Crippen LogP contribution is 2.15. The number of rotatable bonds is 5. The van der Waals surface area contributed by atoms with Crippen LogP contribution < -0.4 is 5.32 Å². The summed E-state index contributed by atoms with van der Waals surface area (Å²) in [7, 11) is 0. The number of nitrogens with one attached hydrogen (secondary N) is 1. The number of hydrogen-bond acceptors (Lipinski definition) is 2. The average molecular weight is 286 g/mol. The molecule has 1 aromatic carbocycles. The molecular weight excluding hydrogens is 274 g/mol. The summed E-state index contributed by atoms with van der Waals surface area (Å²) in [6, 6.07) is 7.43. The molecule has 1 aromatic rings. The molecule has 0 atom stereocenters. The quantitative estimate of drug-likeness (QED) is 0.863. The number of carbonyl (C=O) groups is 2. The van der Waals surface area contributed by atoms with Crippen LogP contribution in [-0.2, 0) is 16.0 Å². The maximum atomic E-state index is 11.4. The number of halogens is 1. The summed E-state index contributed by atoms with van der Waals surface area (Å²) >= 11 is 3.34. The third kappa shape index (κ3) is 4.44. The van der Waals surface area contributed by atoms with Crippen molar-refractivity contribution in [2.45, 2.75) is 12.8 Å². The summed E-state index contributed by atoms with van der Waals surface area (Å²) in [4.78, 5) is 21.7. The van der Waals surface area contributed by atoms with Crippen LogP contribution in [-0.4, -0.2) is 23.5 Å². The molecule has 2 N–H and O–H groups in total. The van der Waals surface area contributed by atoms with Gasteiger partial charge < -0.3 is 10.4 Å². The maximum Gasteiger partial charge on any atom is 0.305 e. The highest BCUT2D eigenvalue weighted by Gasteiger charge is 2.06. The second-order valence-corrected chi connectivity index (χ2v) is 4.12.